The molecule has 0 fully saturated rings. The molecule has 3 rings (SSSR count). The number of ether oxygens (including phenoxy) is 2. The van der Waals surface area contributed by atoms with Gasteiger partial charge in [-0.15, -0.1) is 0 Å². The summed E-state index contributed by atoms with van der Waals surface area (Å²) in [6, 6.07) is 12.2. The van der Waals surface area contributed by atoms with Crippen LogP contribution < -0.4 is 9.47 Å². The highest BCUT2D eigenvalue weighted by atomic mass is 32.2. The third-order valence-electron chi connectivity index (χ3n) is 4.96. The number of benzene rings is 2. The van der Waals surface area contributed by atoms with Crippen LogP contribution in [0.4, 0.5) is 0 Å². The van der Waals surface area contributed by atoms with Crippen LogP contribution in [-0.2, 0) is 16.6 Å². The Labute approximate surface area is 182 Å². The first-order valence-corrected chi connectivity index (χ1v) is 11.4. The van der Waals surface area contributed by atoms with Crippen LogP contribution in [0.15, 0.2) is 51.9 Å². The Morgan fingerprint density at radius 2 is 1.71 bits per heavy atom. The van der Waals surface area contributed by atoms with Crippen LogP contribution in [0.3, 0.4) is 0 Å². The van der Waals surface area contributed by atoms with Crippen molar-refractivity contribution in [3.05, 3.63) is 53.9 Å². The summed E-state index contributed by atoms with van der Waals surface area (Å²) < 4.78 is 43.3. The maximum atomic E-state index is 13.1. The van der Waals surface area contributed by atoms with E-state index in [-0.39, 0.29) is 23.9 Å². The molecule has 0 amide bonds. The summed E-state index contributed by atoms with van der Waals surface area (Å²) in [5, 5.41) is 3.99. The first-order chi connectivity index (χ1) is 14.8. The van der Waals surface area contributed by atoms with E-state index in [0.717, 1.165) is 5.56 Å². The molecule has 0 aliphatic rings. The molecule has 0 saturated carbocycles. The molecule has 0 spiro atoms. The maximum Gasteiger partial charge on any atom is 0.243 e. The van der Waals surface area contributed by atoms with Gasteiger partial charge in [-0.25, -0.2) is 8.42 Å². The van der Waals surface area contributed by atoms with Crippen molar-refractivity contribution in [2.45, 2.75) is 38.1 Å². The van der Waals surface area contributed by atoms with Crippen LogP contribution in [0, 0.1) is 0 Å². The smallest absolute Gasteiger partial charge is 0.243 e. The summed E-state index contributed by atoms with van der Waals surface area (Å²) in [4.78, 5) is 4.60. The molecule has 0 bridgehead atoms. The van der Waals surface area contributed by atoms with E-state index in [4.69, 9.17) is 14.0 Å². The lowest BCUT2D eigenvalue weighted by Crippen LogP contribution is -2.30. The Bertz CT molecular complexity index is 1120. The molecular formula is C22H27N3O5S. The Morgan fingerprint density at radius 3 is 2.29 bits per heavy atom. The lowest BCUT2D eigenvalue weighted by molar-refractivity contribution is 0.321. The van der Waals surface area contributed by atoms with Crippen molar-refractivity contribution in [1.29, 1.82) is 0 Å². The number of hydrogen-bond donors (Lipinski definition) is 0. The van der Waals surface area contributed by atoms with Gasteiger partial charge >= 0.3 is 0 Å². The van der Waals surface area contributed by atoms with E-state index in [9.17, 15) is 8.42 Å². The second-order valence-corrected chi connectivity index (χ2v) is 9.17. The van der Waals surface area contributed by atoms with Gasteiger partial charge in [-0.2, -0.15) is 9.29 Å². The molecule has 1 heterocycles. The quantitative estimate of drug-likeness (QED) is 0.489. The van der Waals surface area contributed by atoms with Crippen molar-refractivity contribution in [3.8, 4) is 22.9 Å². The van der Waals surface area contributed by atoms with Gasteiger partial charge in [0.25, 0.3) is 0 Å². The van der Waals surface area contributed by atoms with E-state index in [2.05, 4.69) is 24.0 Å². The molecule has 1 aromatic heterocycles. The standard InChI is InChI=1S/C22H27N3O5S/c1-6-25(31(26,27)18-10-7-16(8-11-18)15(2)3)14-21-23-22(24-30-21)17-9-12-19(28-4)20(13-17)29-5/h7-13,15H,6,14H2,1-5H3. The molecule has 0 saturated heterocycles. The number of rotatable bonds is 9. The summed E-state index contributed by atoms with van der Waals surface area (Å²) in [6.07, 6.45) is 0. The minimum absolute atomic E-state index is 0.0228. The first-order valence-electron chi connectivity index (χ1n) is 9.95. The van der Waals surface area contributed by atoms with E-state index < -0.39 is 10.0 Å². The van der Waals surface area contributed by atoms with Gasteiger partial charge in [0.15, 0.2) is 11.5 Å². The van der Waals surface area contributed by atoms with Crippen LogP contribution in [0.25, 0.3) is 11.4 Å². The van der Waals surface area contributed by atoms with E-state index in [1.165, 1.54) is 4.31 Å². The third-order valence-corrected chi connectivity index (χ3v) is 6.89. The second kappa shape index (κ2) is 9.49. The van der Waals surface area contributed by atoms with E-state index in [1.807, 2.05) is 12.1 Å². The fourth-order valence-corrected chi connectivity index (χ4v) is 4.50. The molecule has 0 aliphatic carbocycles. The molecule has 0 N–H and O–H groups in total. The zero-order chi connectivity index (χ0) is 22.6. The zero-order valence-corrected chi connectivity index (χ0v) is 19.1. The summed E-state index contributed by atoms with van der Waals surface area (Å²) in [7, 11) is -0.600. The van der Waals surface area contributed by atoms with Crippen LogP contribution >= 0.6 is 0 Å². The van der Waals surface area contributed by atoms with Gasteiger partial charge in [-0.1, -0.05) is 38.1 Å². The fraction of sp³-hybridized carbons (Fsp3) is 0.364. The number of methoxy groups -OCH3 is 2. The van der Waals surface area contributed by atoms with Crippen molar-refractivity contribution in [3.63, 3.8) is 0 Å². The molecule has 31 heavy (non-hydrogen) atoms. The van der Waals surface area contributed by atoms with Gasteiger partial charge in [0.05, 0.1) is 25.7 Å². The third kappa shape index (κ3) is 4.88. The average molecular weight is 446 g/mol. The molecule has 166 valence electrons. The van der Waals surface area contributed by atoms with Crippen LogP contribution in [0.5, 0.6) is 11.5 Å². The molecule has 0 radical (unpaired) electrons. The molecule has 0 atom stereocenters. The van der Waals surface area contributed by atoms with E-state index in [0.29, 0.717) is 28.8 Å². The Morgan fingerprint density at radius 1 is 1.03 bits per heavy atom. The summed E-state index contributed by atoms with van der Waals surface area (Å²) in [5.74, 6) is 1.99. The van der Waals surface area contributed by atoms with Crippen molar-refractivity contribution in [2.75, 3.05) is 20.8 Å². The molecule has 9 heteroatoms. The van der Waals surface area contributed by atoms with Gasteiger partial charge in [-0.05, 0) is 41.8 Å². The van der Waals surface area contributed by atoms with Crippen molar-refractivity contribution >= 4 is 10.0 Å². The van der Waals surface area contributed by atoms with Gasteiger partial charge < -0.3 is 14.0 Å². The number of aromatic nitrogens is 2. The van der Waals surface area contributed by atoms with Crippen LogP contribution in [0.1, 0.15) is 38.1 Å². The predicted molar refractivity (Wildman–Crippen MR) is 117 cm³/mol. The fourth-order valence-electron chi connectivity index (χ4n) is 3.10. The molecule has 8 nitrogen and oxygen atoms in total. The van der Waals surface area contributed by atoms with Gasteiger partial charge in [0, 0.05) is 12.1 Å². The normalized spacial score (nSPS) is 11.8. The molecular weight excluding hydrogens is 418 g/mol. The predicted octanol–water partition coefficient (Wildman–Crippen LogP) is 4.09. The average Bonchev–Trinajstić information content (AvgIpc) is 3.25. The lowest BCUT2D eigenvalue weighted by Gasteiger charge is -2.19. The second-order valence-electron chi connectivity index (χ2n) is 7.24. The Hall–Kier alpha value is -2.91. The van der Waals surface area contributed by atoms with Gasteiger partial charge in [0.1, 0.15) is 0 Å². The van der Waals surface area contributed by atoms with Crippen molar-refractivity contribution in [2.24, 2.45) is 0 Å². The SMILES string of the molecule is CCN(Cc1nc(-c2ccc(OC)c(OC)c2)no1)S(=O)(=O)c1ccc(C(C)C)cc1. The number of nitrogens with zero attached hydrogens (tertiary/aromatic N) is 3. The first kappa shape index (κ1) is 22.8. The summed E-state index contributed by atoms with van der Waals surface area (Å²) >= 11 is 0. The monoisotopic (exact) mass is 445 g/mol. The molecule has 0 unspecified atom stereocenters. The van der Waals surface area contributed by atoms with E-state index in [1.54, 1.807) is 51.5 Å². The minimum atomic E-state index is -3.70. The number of hydrogen-bond acceptors (Lipinski definition) is 7. The van der Waals surface area contributed by atoms with Gasteiger partial charge in [0.2, 0.25) is 21.7 Å². The number of sulfonamides is 1. The Balaban J connectivity index is 1.82. The minimum Gasteiger partial charge on any atom is -0.493 e. The van der Waals surface area contributed by atoms with E-state index >= 15 is 0 Å². The highest BCUT2D eigenvalue weighted by molar-refractivity contribution is 7.89. The molecule has 0 aliphatic heterocycles. The van der Waals surface area contributed by atoms with Crippen LogP contribution in [-0.4, -0.2) is 43.6 Å². The highest BCUT2D eigenvalue weighted by Crippen LogP contribution is 2.31. The molecule has 2 aromatic carbocycles. The van der Waals surface area contributed by atoms with Crippen LogP contribution in [0.2, 0.25) is 0 Å². The van der Waals surface area contributed by atoms with Gasteiger partial charge in [-0.3, -0.25) is 0 Å². The Kier molecular flexibility index (Phi) is 6.97. The topological polar surface area (TPSA) is 94.8 Å². The lowest BCUT2D eigenvalue weighted by atomic mass is 10.0. The zero-order valence-electron chi connectivity index (χ0n) is 18.3. The maximum absolute atomic E-state index is 13.1. The van der Waals surface area contributed by atoms with Crippen molar-refractivity contribution in [1.82, 2.24) is 14.4 Å². The summed E-state index contributed by atoms with van der Waals surface area (Å²) in [6.45, 7) is 6.14. The highest BCUT2D eigenvalue weighted by Gasteiger charge is 2.25. The molecule has 3 aromatic rings. The van der Waals surface area contributed by atoms with Crippen molar-refractivity contribution < 1.29 is 22.4 Å². The largest absolute Gasteiger partial charge is 0.493 e. The summed E-state index contributed by atoms with van der Waals surface area (Å²) in [5.41, 5.74) is 1.75.